The molecular formula is C25H29F3N4S. The maximum Gasteiger partial charge on any atom is 0.433 e. The fourth-order valence-corrected chi connectivity index (χ4v) is 5.18. The normalized spacial score (nSPS) is 12.6. The number of aromatic amines is 1. The first-order chi connectivity index (χ1) is 15.6. The highest BCUT2D eigenvalue weighted by Gasteiger charge is 2.32. The fraction of sp³-hybridized carbons (Fsp3) is 0.400. The predicted molar refractivity (Wildman–Crippen MR) is 130 cm³/mol. The summed E-state index contributed by atoms with van der Waals surface area (Å²) in [7, 11) is 0. The van der Waals surface area contributed by atoms with Gasteiger partial charge in [-0.05, 0) is 74.4 Å². The van der Waals surface area contributed by atoms with E-state index in [9.17, 15) is 13.2 Å². The SMILES string of the molecule is CCc1cc(-c2cccc(C(F)(F)F)n2)sc1-c1nc(/C(=C\C(C)=N)C(CC)CC)[nH]c1C. The van der Waals surface area contributed by atoms with Crippen molar-refractivity contribution in [2.24, 2.45) is 5.92 Å². The third-order valence-corrected chi connectivity index (χ3v) is 6.86. The van der Waals surface area contributed by atoms with Crippen LogP contribution in [-0.4, -0.2) is 20.7 Å². The highest BCUT2D eigenvalue weighted by Crippen LogP contribution is 2.40. The summed E-state index contributed by atoms with van der Waals surface area (Å²) in [6.45, 7) is 9.98. The molecule has 0 fully saturated rings. The van der Waals surface area contributed by atoms with Crippen LogP contribution in [0, 0.1) is 18.3 Å². The van der Waals surface area contributed by atoms with E-state index in [1.165, 1.54) is 17.4 Å². The summed E-state index contributed by atoms with van der Waals surface area (Å²) in [5.41, 5.74) is 3.60. The van der Waals surface area contributed by atoms with Crippen molar-refractivity contribution in [3.63, 3.8) is 0 Å². The van der Waals surface area contributed by atoms with E-state index in [1.807, 2.05) is 26.0 Å². The highest BCUT2D eigenvalue weighted by molar-refractivity contribution is 7.19. The highest BCUT2D eigenvalue weighted by atomic mass is 32.1. The molecule has 0 aliphatic rings. The number of imidazole rings is 1. The molecule has 0 atom stereocenters. The molecule has 0 saturated heterocycles. The lowest BCUT2D eigenvalue weighted by molar-refractivity contribution is -0.141. The first-order valence-corrected chi connectivity index (χ1v) is 11.9. The Balaban J connectivity index is 2.09. The van der Waals surface area contributed by atoms with Crippen LogP contribution in [0.25, 0.3) is 26.7 Å². The second kappa shape index (κ2) is 10.0. The lowest BCUT2D eigenvalue weighted by Gasteiger charge is -2.15. The number of hydrogen-bond donors (Lipinski definition) is 2. The molecule has 0 amide bonds. The minimum Gasteiger partial charge on any atom is -0.342 e. The van der Waals surface area contributed by atoms with E-state index < -0.39 is 11.9 Å². The molecule has 176 valence electrons. The average molecular weight is 475 g/mol. The van der Waals surface area contributed by atoms with Crippen molar-refractivity contribution in [3.05, 3.63) is 53.1 Å². The van der Waals surface area contributed by atoms with Gasteiger partial charge in [-0.3, -0.25) is 0 Å². The molecule has 0 bridgehead atoms. The van der Waals surface area contributed by atoms with E-state index in [0.29, 0.717) is 16.3 Å². The molecule has 3 aromatic rings. The van der Waals surface area contributed by atoms with Crippen molar-refractivity contribution in [3.8, 4) is 21.1 Å². The fourth-order valence-electron chi connectivity index (χ4n) is 3.91. The lowest BCUT2D eigenvalue weighted by atomic mass is 9.92. The van der Waals surface area contributed by atoms with Gasteiger partial charge < -0.3 is 10.4 Å². The molecule has 4 nitrogen and oxygen atoms in total. The smallest absolute Gasteiger partial charge is 0.342 e. The van der Waals surface area contributed by atoms with Gasteiger partial charge in [-0.25, -0.2) is 9.97 Å². The molecule has 3 rings (SSSR count). The predicted octanol–water partition coefficient (Wildman–Crippen LogP) is 7.95. The summed E-state index contributed by atoms with van der Waals surface area (Å²) in [6, 6.07) is 5.89. The zero-order valence-corrected chi connectivity index (χ0v) is 20.3. The van der Waals surface area contributed by atoms with Crippen LogP contribution < -0.4 is 0 Å². The largest absolute Gasteiger partial charge is 0.433 e. The second-order valence-corrected chi connectivity index (χ2v) is 9.13. The Morgan fingerprint density at radius 2 is 1.88 bits per heavy atom. The van der Waals surface area contributed by atoms with Gasteiger partial charge in [-0.15, -0.1) is 11.3 Å². The Morgan fingerprint density at radius 3 is 2.45 bits per heavy atom. The van der Waals surface area contributed by atoms with E-state index in [1.54, 1.807) is 13.0 Å². The molecular weight excluding hydrogens is 445 g/mol. The Kier molecular flexibility index (Phi) is 7.57. The van der Waals surface area contributed by atoms with Crippen LogP contribution >= 0.6 is 11.3 Å². The standard InChI is InChI=1S/C25H29F3N4S/c1-6-16(7-2)18(12-14(4)29)24-30-15(5)22(32-24)23-17(8-3)13-20(33-23)19-10-9-11-21(31-19)25(26,27)28/h9-13,16,29H,6-8H2,1-5H3,(H,30,32)/b18-12-,29-14?. The molecule has 3 heterocycles. The van der Waals surface area contributed by atoms with E-state index in [0.717, 1.165) is 58.6 Å². The van der Waals surface area contributed by atoms with Crippen LogP contribution in [0.4, 0.5) is 13.2 Å². The molecule has 0 aliphatic carbocycles. The van der Waals surface area contributed by atoms with Crippen molar-refractivity contribution < 1.29 is 13.2 Å². The number of aryl methyl sites for hydroxylation is 2. The Bertz CT molecular complexity index is 1170. The van der Waals surface area contributed by atoms with E-state index >= 15 is 0 Å². The Labute approximate surface area is 196 Å². The molecule has 3 aromatic heterocycles. The van der Waals surface area contributed by atoms with Crippen molar-refractivity contribution in [1.29, 1.82) is 5.41 Å². The van der Waals surface area contributed by atoms with E-state index in [-0.39, 0.29) is 5.92 Å². The number of nitrogens with one attached hydrogen (secondary N) is 2. The van der Waals surface area contributed by atoms with E-state index in [2.05, 4.69) is 23.8 Å². The van der Waals surface area contributed by atoms with Crippen LogP contribution in [0.3, 0.4) is 0 Å². The van der Waals surface area contributed by atoms with Gasteiger partial charge in [0.1, 0.15) is 17.2 Å². The van der Waals surface area contributed by atoms with Crippen molar-refractivity contribution in [2.75, 3.05) is 0 Å². The third kappa shape index (κ3) is 5.43. The quantitative estimate of drug-likeness (QED) is 0.325. The number of nitrogens with zero attached hydrogens (tertiary/aromatic N) is 2. The zero-order chi connectivity index (χ0) is 24.3. The maximum atomic E-state index is 13.2. The number of H-pyrrole nitrogens is 1. The van der Waals surface area contributed by atoms with Crippen molar-refractivity contribution in [2.45, 2.75) is 60.1 Å². The molecule has 0 spiro atoms. The second-order valence-electron chi connectivity index (χ2n) is 8.08. The van der Waals surface area contributed by atoms with Crippen molar-refractivity contribution >= 4 is 22.6 Å². The molecule has 8 heteroatoms. The summed E-state index contributed by atoms with van der Waals surface area (Å²) in [6.07, 6.45) is -0.0130. The molecule has 0 radical (unpaired) electrons. The maximum absolute atomic E-state index is 13.2. The van der Waals surface area contributed by atoms with Gasteiger partial charge in [0, 0.05) is 11.4 Å². The number of hydrogen-bond acceptors (Lipinski definition) is 4. The van der Waals surface area contributed by atoms with Gasteiger partial charge >= 0.3 is 6.18 Å². The molecule has 0 aliphatic heterocycles. The number of thiophene rings is 1. The third-order valence-electron chi connectivity index (χ3n) is 5.65. The number of halogens is 3. The monoisotopic (exact) mass is 474 g/mol. The average Bonchev–Trinajstić information content (AvgIpc) is 3.36. The zero-order valence-electron chi connectivity index (χ0n) is 19.5. The molecule has 0 unspecified atom stereocenters. The van der Waals surface area contributed by atoms with Gasteiger partial charge in [0.2, 0.25) is 0 Å². The van der Waals surface area contributed by atoms with Crippen LogP contribution in [0.15, 0.2) is 30.3 Å². The summed E-state index contributed by atoms with van der Waals surface area (Å²) in [4.78, 5) is 13.8. The number of pyridine rings is 1. The summed E-state index contributed by atoms with van der Waals surface area (Å²) < 4.78 is 39.5. The van der Waals surface area contributed by atoms with E-state index in [4.69, 9.17) is 10.4 Å². The number of aromatic nitrogens is 3. The molecule has 0 saturated carbocycles. The number of allylic oxidation sites excluding steroid dienone is 2. The molecule has 33 heavy (non-hydrogen) atoms. The van der Waals surface area contributed by atoms with Crippen LogP contribution in [-0.2, 0) is 12.6 Å². The Hall–Kier alpha value is -2.74. The van der Waals surface area contributed by atoms with Gasteiger partial charge in [-0.1, -0.05) is 26.8 Å². The molecule has 0 aromatic carbocycles. The van der Waals surface area contributed by atoms with Gasteiger partial charge in [0.05, 0.1) is 15.4 Å². The minimum absolute atomic E-state index is 0.280. The van der Waals surface area contributed by atoms with Gasteiger partial charge in [-0.2, -0.15) is 13.2 Å². The number of rotatable bonds is 8. The van der Waals surface area contributed by atoms with Crippen LogP contribution in [0.5, 0.6) is 0 Å². The molecule has 2 N–H and O–H groups in total. The first-order valence-electron chi connectivity index (χ1n) is 11.1. The summed E-state index contributed by atoms with van der Waals surface area (Å²) in [5, 5.41) is 7.96. The summed E-state index contributed by atoms with van der Waals surface area (Å²) >= 11 is 1.41. The Morgan fingerprint density at radius 1 is 1.18 bits per heavy atom. The van der Waals surface area contributed by atoms with Gasteiger partial charge in [0.15, 0.2) is 0 Å². The number of alkyl halides is 3. The minimum atomic E-state index is -4.48. The first kappa shape index (κ1) is 24.9. The topological polar surface area (TPSA) is 65.4 Å². The summed E-state index contributed by atoms with van der Waals surface area (Å²) in [5.74, 6) is 1.03. The van der Waals surface area contributed by atoms with Crippen molar-refractivity contribution in [1.82, 2.24) is 15.0 Å². The lowest BCUT2D eigenvalue weighted by Crippen LogP contribution is -2.07. The van der Waals surface area contributed by atoms with Gasteiger partial charge in [0.25, 0.3) is 0 Å². The van der Waals surface area contributed by atoms with Crippen LogP contribution in [0.1, 0.15) is 63.3 Å². The van der Waals surface area contributed by atoms with Crippen LogP contribution in [0.2, 0.25) is 0 Å².